The normalized spacial score (nSPS) is 21.3. The van der Waals surface area contributed by atoms with E-state index in [-0.39, 0.29) is 30.9 Å². The summed E-state index contributed by atoms with van der Waals surface area (Å²) in [6.07, 6.45) is -0.410. The summed E-state index contributed by atoms with van der Waals surface area (Å²) >= 11 is 0. The van der Waals surface area contributed by atoms with Gasteiger partial charge in [0, 0.05) is 26.2 Å². The zero-order chi connectivity index (χ0) is 14.7. The second-order valence-corrected chi connectivity index (χ2v) is 5.26. The van der Waals surface area contributed by atoms with Gasteiger partial charge in [0.05, 0.1) is 6.04 Å². The molecule has 0 saturated carbocycles. The monoisotopic (exact) mass is 325 g/mol. The van der Waals surface area contributed by atoms with Crippen LogP contribution >= 0.6 is 12.4 Å². The molecule has 0 bridgehead atoms. The van der Waals surface area contributed by atoms with Gasteiger partial charge in [0.2, 0.25) is 5.91 Å². The van der Waals surface area contributed by atoms with Gasteiger partial charge < -0.3 is 15.0 Å². The maximum Gasteiger partial charge on any atom is 0.410 e. The van der Waals surface area contributed by atoms with Crippen LogP contribution in [0.25, 0.3) is 0 Å². The molecule has 6 nitrogen and oxygen atoms in total. The van der Waals surface area contributed by atoms with Gasteiger partial charge in [-0.3, -0.25) is 9.69 Å². The van der Waals surface area contributed by atoms with Gasteiger partial charge in [-0.2, -0.15) is 0 Å². The smallest absolute Gasteiger partial charge is 0.410 e. The van der Waals surface area contributed by atoms with Crippen LogP contribution in [0.4, 0.5) is 4.79 Å². The van der Waals surface area contributed by atoms with Gasteiger partial charge in [0.15, 0.2) is 0 Å². The number of rotatable bonds is 3. The molecule has 0 unspecified atom stereocenters. The Morgan fingerprint density at radius 1 is 1.23 bits per heavy atom. The van der Waals surface area contributed by atoms with Crippen LogP contribution in [0.5, 0.6) is 0 Å². The highest BCUT2D eigenvalue weighted by Crippen LogP contribution is 2.27. The molecular weight excluding hydrogens is 306 g/mol. The number of benzene rings is 1. The molecule has 0 radical (unpaired) electrons. The fourth-order valence-electron chi connectivity index (χ4n) is 2.74. The summed E-state index contributed by atoms with van der Waals surface area (Å²) in [5.41, 5.74) is 0.997. The van der Waals surface area contributed by atoms with Crippen molar-refractivity contribution in [3.63, 3.8) is 0 Å². The number of nitrogens with zero attached hydrogens (tertiary/aromatic N) is 2. The van der Waals surface area contributed by atoms with Crippen LogP contribution in [0.1, 0.15) is 11.6 Å². The Morgan fingerprint density at radius 2 is 1.91 bits per heavy atom. The van der Waals surface area contributed by atoms with E-state index >= 15 is 0 Å². The van der Waals surface area contributed by atoms with E-state index in [2.05, 4.69) is 5.32 Å². The first kappa shape index (κ1) is 16.6. The summed E-state index contributed by atoms with van der Waals surface area (Å²) in [5, 5.41) is 3.21. The van der Waals surface area contributed by atoms with E-state index in [0.29, 0.717) is 19.7 Å². The van der Waals surface area contributed by atoms with Crippen molar-refractivity contribution < 1.29 is 14.3 Å². The van der Waals surface area contributed by atoms with Crippen molar-refractivity contribution >= 4 is 24.4 Å². The molecule has 2 aliphatic heterocycles. The average Bonchev–Trinajstić information content (AvgIpc) is 2.90. The number of carbonyl (C=O) groups excluding carboxylic acids is 2. The zero-order valence-electron chi connectivity index (χ0n) is 12.2. The number of hydrogen-bond donors (Lipinski definition) is 1. The first-order valence-corrected chi connectivity index (χ1v) is 7.22. The maximum absolute atomic E-state index is 12.3. The number of ether oxygens (including phenoxy) is 1. The first-order valence-electron chi connectivity index (χ1n) is 7.22. The Balaban J connectivity index is 0.00000176. The molecule has 0 spiro atoms. The molecule has 1 aromatic rings. The molecule has 1 aromatic carbocycles. The van der Waals surface area contributed by atoms with E-state index in [1.807, 2.05) is 30.3 Å². The number of amides is 2. The summed E-state index contributed by atoms with van der Waals surface area (Å²) in [6.45, 7) is 3.38. The van der Waals surface area contributed by atoms with E-state index in [1.165, 1.54) is 4.90 Å². The molecule has 3 rings (SSSR count). The molecule has 2 saturated heterocycles. The fraction of sp³-hybridized carbons (Fsp3) is 0.467. The Morgan fingerprint density at radius 3 is 2.59 bits per heavy atom. The number of nitrogens with one attached hydrogen (secondary N) is 1. The van der Waals surface area contributed by atoms with Crippen LogP contribution in [-0.2, 0) is 9.53 Å². The SMILES string of the molecule is Cl.O=C(CN1C(=O)OC[C@@H]1c1ccccc1)N1CCNCC1. The quantitative estimate of drug-likeness (QED) is 0.902. The molecule has 0 aromatic heterocycles. The molecule has 1 N–H and O–H groups in total. The first-order chi connectivity index (χ1) is 10.3. The number of piperazine rings is 1. The predicted octanol–water partition coefficient (Wildman–Crippen LogP) is 1.03. The van der Waals surface area contributed by atoms with Crippen molar-refractivity contribution in [2.24, 2.45) is 0 Å². The maximum atomic E-state index is 12.3. The number of carbonyl (C=O) groups is 2. The van der Waals surface area contributed by atoms with Crippen molar-refractivity contribution in [2.45, 2.75) is 6.04 Å². The minimum absolute atomic E-state index is 0. The largest absolute Gasteiger partial charge is 0.447 e. The molecule has 2 amide bonds. The molecule has 22 heavy (non-hydrogen) atoms. The summed E-state index contributed by atoms with van der Waals surface area (Å²) in [7, 11) is 0. The van der Waals surface area contributed by atoms with Crippen LogP contribution < -0.4 is 5.32 Å². The standard InChI is InChI=1S/C15H19N3O3.ClH/c19-14(17-8-6-16-7-9-17)10-18-13(11-21-15(18)20)12-4-2-1-3-5-12;/h1-5,13,16H,6-11H2;1H/t13-;/m1./s1. The molecule has 120 valence electrons. The lowest BCUT2D eigenvalue weighted by Gasteiger charge is -2.30. The van der Waals surface area contributed by atoms with Crippen molar-refractivity contribution in [3.8, 4) is 0 Å². The Kier molecular flexibility index (Phi) is 5.63. The van der Waals surface area contributed by atoms with Crippen molar-refractivity contribution in [1.82, 2.24) is 15.1 Å². The highest BCUT2D eigenvalue weighted by atomic mass is 35.5. The summed E-state index contributed by atoms with van der Waals surface area (Å²) in [5.74, 6) is -0.0173. The molecule has 2 fully saturated rings. The molecule has 2 aliphatic rings. The number of cyclic esters (lactones) is 1. The van der Waals surface area contributed by atoms with E-state index in [4.69, 9.17) is 4.74 Å². The van der Waals surface area contributed by atoms with Gasteiger partial charge in [-0.1, -0.05) is 30.3 Å². The minimum Gasteiger partial charge on any atom is -0.447 e. The predicted molar refractivity (Wildman–Crippen MR) is 83.9 cm³/mol. The summed E-state index contributed by atoms with van der Waals surface area (Å²) in [6, 6.07) is 9.51. The Hall–Kier alpha value is -1.79. The van der Waals surface area contributed by atoms with Gasteiger partial charge in [-0.05, 0) is 5.56 Å². The number of hydrogen-bond acceptors (Lipinski definition) is 4. The molecular formula is C15H20ClN3O3. The van der Waals surface area contributed by atoms with E-state index in [1.54, 1.807) is 4.90 Å². The molecule has 1 atom stereocenters. The lowest BCUT2D eigenvalue weighted by atomic mass is 10.1. The lowest BCUT2D eigenvalue weighted by molar-refractivity contribution is -0.132. The van der Waals surface area contributed by atoms with Crippen LogP contribution in [0.15, 0.2) is 30.3 Å². The van der Waals surface area contributed by atoms with Gasteiger partial charge in [0.25, 0.3) is 0 Å². The number of halogens is 1. The van der Waals surface area contributed by atoms with Crippen LogP contribution in [0, 0.1) is 0 Å². The molecule has 2 heterocycles. The van der Waals surface area contributed by atoms with Crippen LogP contribution in [0.3, 0.4) is 0 Å². The highest BCUT2D eigenvalue weighted by Gasteiger charge is 2.36. The van der Waals surface area contributed by atoms with Gasteiger partial charge >= 0.3 is 6.09 Å². The molecule has 0 aliphatic carbocycles. The van der Waals surface area contributed by atoms with Gasteiger partial charge in [-0.25, -0.2) is 4.79 Å². The minimum atomic E-state index is -0.410. The van der Waals surface area contributed by atoms with Gasteiger partial charge in [0.1, 0.15) is 13.2 Å². The van der Waals surface area contributed by atoms with Crippen molar-refractivity contribution in [1.29, 1.82) is 0 Å². The van der Waals surface area contributed by atoms with Crippen LogP contribution in [-0.4, -0.2) is 61.1 Å². The van der Waals surface area contributed by atoms with E-state index < -0.39 is 6.09 Å². The van der Waals surface area contributed by atoms with Crippen molar-refractivity contribution in [2.75, 3.05) is 39.3 Å². The fourth-order valence-corrected chi connectivity index (χ4v) is 2.74. The van der Waals surface area contributed by atoms with Crippen molar-refractivity contribution in [3.05, 3.63) is 35.9 Å². The molecule has 7 heteroatoms. The Bertz CT molecular complexity index is 520. The summed E-state index contributed by atoms with van der Waals surface area (Å²) in [4.78, 5) is 27.5. The Labute approximate surface area is 135 Å². The third-order valence-corrected chi connectivity index (χ3v) is 3.94. The zero-order valence-corrected chi connectivity index (χ0v) is 13.1. The second-order valence-electron chi connectivity index (χ2n) is 5.26. The van der Waals surface area contributed by atoms with E-state index in [9.17, 15) is 9.59 Å². The summed E-state index contributed by atoms with van der Waals surface area (Å²) < 4.78 is 5.12. The van der Waals surface area contributed by atoms with Crippen LogP contribution in [0.2, 0.25) is 0 Å². The third-order valence-electron chi connectivity index (χ3n) is 3.94. The topological polar surface area (TPSA) is 61.9 Å². The third kappa shape index (κ3) is 3.51. The average molecular weight is 326 g/mol. The lowest BCUT2D eigenvalue weighted by Crippen LogP contribution is -2.50. The second kappa shape index (κ2) is 7.47. The van der Waals surface area contributed by atoms with Gasteiger partial charge in [-0.15, -0.1) is 12.4 Å². The highest BCUT2D eigenvalue weighted by molar-refractivity contribution is 5.85. The van der Waals surface area contributed by atoms with E-state index in [0.717, 1.165) is 18.7 Å².